The first-order valence-corrected chi connectivity index (χ1v) is 7.02. The van der Waals surface area contributed by atoms with Gasteiger partial charge in [0, 0.05) is 13.1 Å². The number of esters is 1. The number of carbonyl (C=O) groups is 1. The summed E-state index contributed by atoms with van der Waals surface area (Å²) in [7, 11) is 0. The van der Waals surface area contributed by atoms with E-state index in [-0.39, 0.29) is 37.0 Å². The molecule has 0 aromatic carbocycles. The molecule has 2 unspecified atom stereocenters. The lowest BCUT2D eigenvalue weighted by Gasteiger charge is -2.23. The van der Waals surface area contributed by atoms with Crippen LogP contribution in [0.2, 0.25) is 0 Å². The minimum absolute atomic E-state index is 0.152. The summed E-state index contributed by atoms with van der Waals surface area (Å²) in [4.78, 5) is 15.3. The highest BCUT2D eigenvalue weighted by atomic mass is 16.8. The molecule has 6 nitrogen and oxygen atoms in total. The van der Waals surface area contributed by atoms with Crippen LogP contribution < -0.4 is 0 Å². The second kappa shape index (κ2) is 5.36. The van der Waals surface area contributed by atoms with E-state index in [9.17, 15) is 4.79 Å². The van der Waals surface area contributed by atoms with E-state index in [1.165, 1.54) is 6.92 Å². The fourth-order valence-electron chi connectivity index (χ4n) is 2.80. The lowest BCUT2D eigenvalue weighted by atomic mass is 10.1. The summed E-state index contributed by atoms with van der Waals surface area (Å²) in [6, 6.07) is 5.65. The SMILES string of the molecule is CC(=O)OCC1OC(c2ccccn2)[C@@H]2OC(C)(C)O[C@H]12. The summed E-state index contributed by atoms with van der Waals surface area (Å²) < 4.78 is 22.9. The zero-order chi connectivity index (χ0) is 15.0. The van der Waals surface area contributed by atoms with E-state index >= 15 is 0 Å². The summed E-state index contributed by atoms with van der Waals surface area (Å²) in [6.07, 6.45) is 0.515. The van der Waals surface area contributed by atoms with Crippen LogP contribution in [0.25, 0.3) is 0 Å². The van der Waals surface area contributed by atoms with E-state index < -0.39 is 5.79 Å². The first-order chi connectivity index (χ1) is 9.96. The molecule has 0 radical (unpaired) electrons. The Morgan fingerprint density at radius 1 is 1.33 bits per heavy atom. The van der Waals surface area contributed by atoms with Crippen LogP contribution in [-0.4, -0.2) is 41.7 Å². The number of rotatable bonds is 3. The predicted molar refractivity (Wildman–Crippen MR) is 72.3 cm³/mol. The molecule has 0 bridgehead atoms. The van der Waals surface area contributed by atoms with E-state index in [1.807, 2.05) is 32.0 Å². The monoisotopic (exact) mass is 293 g/mol. The van der Waals surface area contributed by atoms with Crippen molar-refractivity contribution in [3.63, 3.8) is 0 Å². The molecule has 2 saturated heterocycles. The van der Waals surface area contributed by atoms with Gasteiger partial charge in [0.1, 0.15) is 31.0 Å². The Morgan fingerprint density at radius 2 is 2.10 bits per heavy atom. The second-order valence-corrected chi connectivity index (χ2v) is 5.72. The van der Waals surface area contributed by atoms with Crippen molar-refractivity contribution in [2.75, 3.05) is 6.61 Å². The van der Waals surface area contributed by atoms with Crippen molar-refractivity contribution in [3.05, 3.63) is 30.1 Å². The summed E-state index contributed by atoms with van der Waals surface area (Å²) in [6.45, 7) is 5.26. The van der Waals surface area contributed by atoms with Crippen LogP contribution in [0.5, 0.6) is 0 Å². The van der Waals surface area contributed by atoms with Crippen LogP contribution in [0.1, 0.15) is 32.6 Å². The lowest BCUT2D eigenvalue weighted by molar-refractivity contribution is -0.194. The molecule has 2 fully saturated rings. The van der Waals surface area contributed by atoms with Gasteiger partial charge in [-0.05, 0) is 26.0 Å². The third kappa shape index (κ3) is 2.92. The standard InChI is InChI=1S/C15H19NO5/c1-9(17)18-8-11-13-14(21-15(2,3)20-13)12(19-11)10-6-4-5-7-16-10/h4-7,11-14H,8H2,1-3H3/t11?,12?,13-,14+/m1/s1. The van der Waals surface area contributed by atoms with Crippen LogP contribution in [-0.2, 0) is 23.7 Å². The molecule has 114 valence electrons. The molecule has 0 N–H and O–H groups in total. The zero-order valence-corrected chi connectivity index (χ0v) is 12.3. The van der Waals surface area contributed by atoms with Gasteiger partial charge >= 0.3 is 5.97 Å². The second-order valence-electron chi connectivity index (χ2n) is 5.72. The van der Waals surface area contributed by atoms with Gasteiger partial charge in [-0.25, -0.2) is 0 Å². The molecule has 21 heavy (non-hydrogen) atoms. The largest absolute Gasteiger partial charge is 0.463 e. The van der Waals surface area contributed by atoms with Crippen molar-refractivity contribution in [2.24, 2.45) is 0 Å². The van der Waals surface area contributed by atoms with E-state index in [4.69, 9.17) is 18.9 Å². The highest BCUT2D eigenvalue weighted by Gasteiger charge is 2.56. The number of nitrogens with zero attached hydrogens (tertiary/aromatic N) is 1. The molecule has 2 aliphatic heterocycles. The predicted octanol–water partition coefficient (Wildman–Crippen LogP) is 1.60. The van der Waals surface area contributed by atoms with Crippen LogP contribution in [0.3, 0.4) is 0 Å². The van der Waals surface area contributed by atoms with E-state index in [1.54, 1.807) is 6.20 Å². The molecular weight excluding hydrogens is 274 g/mol. The van der Waals surface area contributed by atoms with Gasteiger partial charge in [-0.15, -0.1) is 0 Å². The van der Waals surface area contributed by atoms with Crippen LogP contribution in [0, 0.1) is 0 Å². The number of ether oxygens (including phenoxy) is 4. The molecule has 3 rings (SSSR count). The molecular formula is C15H19NO5. The fourth-order valence-corrected chi connectivity index (χ4v) is 2.80. The van der Waals surface area contributed by atoms with Gasteiger partial charge in [-0.3, -0.25) is 9.78 Å². The van der Waals surface area contributed by atoms with Gasteiger partial charge in [-0.2, -0.15) is 0 Å². The van der Waals surface area contributed by atoms with Crippen molar-refractivity contribution in [1.82, 2.24) is 4.98 Å². The summed E-state index contributed by atoms with van der Waals surface area (Å²) in [5, 5.41) is 0. The van der Waals surface area contributed by atoms with Crippen molar-refractivity contribution in [1.29, 1.82) is 0 Å². The van der Waals surface area contributed by atoms with Gasteiger partial charge in [0.05, 0.1) is 5.69 Å². The van der Waals surface area contributed by atoms with Crippen molar-refractivity contribution in [3.8, 4) is 0 Å². The van der Waals surface area contributed by atoms with Crippen LogP contribution in [0.4, 0.5) is 0 Å². The summed E-state index contributed by atoms with van der Waals surface area (Å²) in [5.74, 6) is -1.02. The minimum atomic E-state index is -0.680. The number of carbonyl (C=O) groups excluding carboxylic acids is 1. The Balaban J connectivity index is 1.81. The number of fused-ring (bicyclic) bond motifs is 1. The maximum absolute atomic E-state index is 11.0. The van der Waals surface area contributed by atoms with Gasteiger partial charge in [-0.1, -0.05) is 6.07 Å². The third-order valence-electron chi connectivity index (χ3n) is 3.58. The molecule has 6 heteroatoms. The Labute approximate surface area is 123 Å². The van der Waals surface area contributed by atoms with E-state index in [0.29, 0.717) is 0 Å². The van der Waals surface area contributed by atoms with Gasteiger partial charge in [0.25, 0.3) is 0 Å². The number of hydrogen-bond acceptors (Lipinski definition) is 6. The van der Waals surface area contributed by atoms with E-state index in [2.05, 4.69) is 4.98 Å². The highest BCUT2D eigenvalue weighted by molar-refractivity contribution is 5.65. The normalized spacial score (nSPS) is 33.7. The first-order valence-electron chi connectivity index (χ1n) is 7.02. The Bertz CT molecular complexity index is 518. The molecule has 2 aliphatic rings. The van der Waals surface area contributed by atoms with Crippen molar-refractivity contribution >= 4 is 5.97 Å². The molecule has 1 aromatic rings. The molecule has 1 aromatic heterocycles. The minimum Gasteiger partial charge on any atom is -0.463 e. The maximum atomic E-state index is 11.0. The quantitative estimate of drug-likeness (QED) is 0.789. The number of aromatic nitrogens is 1. The fraction of sp³-hybridized carbons (Fsp3) is 0.600. The van der Waals surface area contributed by atoms with Gasteiger partial charge < -0.3 is 18.9 Å². The average Bonchev–Trinajstić information content (AvgIpc) is 2.91. The third-order valence-corrected chi connectivity index (χ3v) is 3.58. The first kappa shape index (κ1) is 14.4. The lowest BCUT2D eigenvalue weighted by Crippen LogP contribution is -2.33. The van der Waals surface area contributed by atoms with E-state index in [0.717, 1.165) is 5.69 Å². The van der Waals surface area contributed by atoms with Crippen molar-refractivity contribution in [2.45, 2.75) is 51.0 Å². The van der Waals surface area contributed by atoms with Crippen molar-refractivity contribution < 1.29 is 23.7 Å². The number of pyridine rings is 1. The van der Waals surface area contributed by atoms with Gasteiger partial charge in [0.15, 0.2) is 5.79 Å². The molecule has 0 saturated carbocycles. The van der Waals surface area contributed by atoms with Crippen LogP contribution in [0.15, 0.2) is 24.4 Å². The Kier molecular flexibility index (Phi) is 3.69. The van der Waals surface area contributed by atoms with Gasteiger partial charge in [0.2, 0.25) is 0 Å². The Morgan fingerprint density at radius 3 is 2.76 bits per heavy atom. The molecule has 0 spiro atoms. The Hall–Kier alpha value is -1.50. The topological polar surface area (TPSA) is 66.9 Å². The highest BCUT2D eigenvalue weighted by Crippen LogP contribution is 2.44. The summed E-state index contributed by atoms with van der Waals surface area (Å²) >= 11 is 0. The molecule has 0 amide bonds. The molecule has 4 atom stereocenters. The smallest absolute Gasteiger partial charge is 0.302 e. The zero-order valence-electron chi connectivity index (χ0n) is 12.3. The van der Waals surface area contributed by atoms with Crippen LogP contribution >= 0.6 is 0 Å². The molecule has 3 heterocycles. The molecule has 0 aliphatic carbocycles. The number of hydrogen-bond donors (Lipinski definition) is 0. The average molecular weight is 293 g/mol. The maximum Gasteiger partial charge on any atom is 0.302 e. The summed E-state index contributed by atoms with van der Waals surface area (Å²) in [5.41, 5.74) is 0.791.